The van der Waals surface area contributed by atoms with E-state index in [2.05, 4.69) is 20.8 Å². The molecule has 1 atom stereocenters. The van der Waals surface area contributed by atoms with Crippen molar-refractivity contribution < 1.29 is 9.53 Å². The van der Waals surface area contributed by atoms with Crippen molar-refractivity contribution in [1.29, 1.82) is 0 Å². The highest BCUT2D eigenvalue weighted by Gasteiger charge is 2.13. The molecule has 2 aromatic rings. The average molecular weight is 317 g/mol. The molecule has 1 unspecified atom stereocenters. The van der Waals surface area contributed by atoms with Crippen LogP contribution in [0.25, 0.3) is 0 Å². The quantitative estimate of drug-likeness (QED) is 0.855. The molecule has 124 valence electrons. The van der Waals surface area contributed by atoms with Gasteiger partial charge >= 0.3 is 6.03 Å². The number of urea groups is 1. The summed E-state index contributed by atoms with van der Waals surface area (Å²) < 4.78 is 7.36. The summed E-state index contributed by atoms with van der Waals surface area (Å²) in [4.78, 5) is 11.9. The van der Waals surface area contributed by atoms with Crippen LogP contribution in [-0.2, 0) is 13.6 Å². The molecule has 7 nitrogen and oxygen atoms in total. The van der Waals surface area contributed by atoms with Gasteiger partial charge in [0.15, 0.2) is 5.82 Å². The highest BCUT2D eigenvalue weighted by Crippen LogP contribution is 2.13. The maximum Gasteiger partial charge on any atom is 0.315 e. The summed E-state index contributed by atoms with van der Waals surface area (Å²) in [6, 6.07) is 7.20. The molecule has 0 saturated heterocycles. The van der Waals surface area contributed by atoms with E-state index < -0.39 is 0 Å². The molecule has 0 radical (unpaired) electrons. The molecule has 0 aliphatic rings. The fraction of sp³-hybridized carbons (Fsp3) is 0.438. The van der Waals surface area contributed by atoms with E-state index in [1.165, 1.54) is 0 Å². The van der Waals surface area contributed by atoms with Crippen LogP contribution in [0.4, 0.5) is 4.79 Å². The number of benzene rings is 1. The Balaban J connectivity index is 1.81. The summed E-state index contributed by atoms with van der Waals surface area (Å²) in [5, 5.41) is 13.4. The topological polar surface area (TPSA) is 81.1 Å². The number of aromatic nitrogens is 3. The van der Waals surface area contributed by atoms with E-state index in [9.17, 15) is 4.79 Å². The first kappa shape index (κ1) is 16.8. The van der Waals surface area contributed by atoms with Crippen LogP contribution in [0.15, 0.2) is 30.6 Å². The number of rotatable bonds is 6. The summed E-state index contributed by atoms with van der Waals surface area (Å²) >= 11 is 0. The van der Waals surface area contributed by atoms with Crippen LogP contribution in [0, 0.1) is 0 Å². The SMILES string of the molecule is CC(C)Oc1ccc(CNC(=O)NC(C)c2nncn2C)cc1. The molecule has 0 aliphatic carbocycles. The molecule has 2 N–H and O–H groups in total. The Bertz CT molecular complexity index is 636. The summed E-state index contributed by atoms with van der Waals surface area (Å²) in [5.41, 5.74) is 1.00. The van der Waals surface area contributed by atoms with Crippen molar-refractivity contribution in [2.75, 3.05) is 0 Å². The van der Waals surface area contributed by atoms with Gasteiger partial charge in [-0.05, 0) is 38.5 Å². The van der Waals surface area contributed by atoms with Gasteiger partial charge in [0.25, 0.3) is 0 Å². The Morgan fingerprint density at radius 2 is 1.96 bits per heavy atom. The smallest absolute Gasteiger partial charge is 0.315 e. The number of nitrogens with zero attached hydrogens (tertiary/aromatic N) is 3. The molecule has 0 bridgehead atoms. The van der Waals surface area contributed by atoms with Crippen molar-refractivity contribution in [2.24, 2.45) is 7.05 Å². The second-order valence-corrected chi connectivity index (χ2v) is 5.66. The molecular formula is C16H23N5O2. The second-order valence-electron chi connectivity index (χ2n) is 5.66. The third kappa shape index (κ3) is 4.98. The predicted molar refractivity (Wildman–Crippen MR) is 87.0 cm³/mol. The number of hydrogen-bond donors (Lipinski definition) is 2. The monoisotopic (exact) mass is 317 g/mol. The third-order valence-electron chi connectivity index (χ3n) is 3.23. The summed E-state index contributed by atoms with van der Waals surface area (Å²) in [6.45, 7) is 6.27. The van der Waals surface area contributed by atoms with Gasteiger partial charge in [0.1, 0.15) is 12.1 Å². The highest BCUT2D eigenvalue weighted by molar-refractivity contribution is 5.74. The summed E-state index contributed by atoms with van der Waals surface area (Å²) in [5.74, 6) is 1.53. The maximum atomic E-state index is 11.9. The minimum atomic E-state index is -0.247. The van der Waals surface area contributed by atoms with Gasteiger partial charge in [-0.2, -0.15) is 0 Å². The van der Waals surface area contributed by atoms with Crippen molar-refractivity contribution >= 4 is 6.03 Å². The van der Waals surface area contributed by atoms with E-state index in [0.717, 1.165) is 11.3 Å². The number of carbonyl (C=O) groups is 1. The van der Waals surface area contributed by atoms with Crippen LogP contribution in [0.5, 0.6) is 5.75 Å². The minimum absolute atomic E-state index is 0.145. The first-order valence-corrected chi connectivity index (χ1v) is 7.59. The van der Waals surface area contributed by atoms with Gasteiger partial charge in [-0.15, -0.1) is 10.2 Å². The molecule has 0 spiro atoms. The van der Waals surface area contributed by atoms with Gasteiger partial charge in [0, 0.05) is 13.6 Å². The lowest BCUT2D eigenvalue weighted by Gasteiger charge is -2.14. The number of hydrogen-bond acceptors (Lipinski definition) is 4. The zero-order valence-electron chi connectivity index (χ0n) is 13.9. The van der Waals surface area contributed by atoms with Gasteiger partial charge in [-0.25, -0.2) is 4.79 Å². The number of carbonyl (C=O) groups excluding carboxylic acids is 1. The van der Waals surface area contributed by atoms with E-state index in [-0.39, 0.29) is 18.2 Å². The van der Waals surface area contributed by atoms with Crippen molar-refractivity contribution in [1.82, 2.24) is 25.4 Å². The molecule has 0 fully saturated rings. The van der Waals surface area contributed by atoms with E-state index in [4.69, 9.17) is 4.74 Å². The lowest BCUT2D eigenvalue weighted by molar-refractivity contribution is 0.237. The number of aryl methyl sites for hydroxylation is 1. The molecule has 2 rings (SSSR count). The van der Waals surface area contributed by atoms with Crippen LogP contribution in [-0.4, -0.2) is 26.9 Å². The Kier molecular flexibility index (Phi) is 5.56. The van der Waals surface area contributed by atoms with E-state index in [0.29, 0.717) is 12.4 Å². The number of amides is 2. The fourth-order valence-corrected chi connectivity index (χ4v) is 2.14. The van der Waals surface area contributed by atoms with Crippen LogP contribution in [0.1, 0.15) is 38.2 Å². The molecule has 7 heteroatoms. The first-order chi connectivity index (χ1) is 11.0. The van der Waals surface area contributed by atoms with Crippen molar-refractivity contribution in [3.8, 4) is 5.75 Å². The van der Waals surface area contributed by atoms with Gasteiger partial charge < -0.3 is 19.9 Å². The largest absolute Gasteiger partial charge is 0.491 e. The van der Waals surface area contributed by atoms with Crippen LogP contribution in [0.2, 0.25) is 0 Å². The number of ether oxygens (including phenoxy) is 1. The molecule has 23 heavy (non-hydrogen) atoms. The van der Waals surface area contributed by atoms with Crippen molar-refractivity contribution in [2.45, 2.75) is 39.5 Å². The lowest BCUT2D eigenvalue weighted by atomic mass is 10.2. The van der Waals surface area contributed by atoms with Crippen molar-refractivity contribution in [3.63, 3.8) is 0 Å². The van der Waals surface area contributed by atoms with E-state index in [1.807, 2.05) is 52.1 Å². The molecule has 1 aromatic carbocycles. The minimum Gasteiger partial charge on any atom is -0.491 e. The zero-order chi connectivity index (χ0) is 16.8. The highest BCUT2D eigenvalue weighted by atomic mass is 16.5. The summed E-state index contributed by atoms with van der Waals surface area (Å²) in [6.07, 6.45) is 1.75. The predicted octanol–water partition coefficient (Wildman–Crippen LogP) is 2.16. The van der Waals surface area contributed by atoms with E-state index in [1.54, 1.807) is 10.9 Å². The normalized spacial score (nSPS) is 12.0. The zero-order valence-corrected chi connectivity index (χ0v) is 13.9. The molecule has 1 aromatic heterocycles. The lowest BCUT2D eigenvalue weighted by Crippen LogP contribution is -2.37. The third-order valence-corrected chi connectivity index (χ3v) is 3.23. The molecule has 1 heterocycles. The fourth-order valence-electron chi connectivity index (χ4n) is 2.14. The Hall–Kier alpha value is -2.57. The van der Waals surface area contributed by atoms with Crippen LogP contribution >= 0.6 is 0 Å². The van der Waals surface area contributed by atoms with Gasteiger partial charge in [-0.1, -0.05) is 12.1 Å². The molecule has 0 aliphatic heterocycles. The standard InChI is InChI=1S/C16H23N5O2/c1-11(2)23-14-7-5-13(6-8-14)9-17-16(22)19-12(3)15-20-18-10-21(15)4/h5-8,10-12H,9H2,1-4H3,(H2,17,19,22). The van der Waals surface area contributed by atoms with Crippen LogP contribution < -0.4 is 15.4 Å². The Morgan fingerprint density at radius 3 is 2.52 bits per heavy atom. The second kappa shape index (κ2) is 7.62. The summed E-state index contributed by atoms with van der Waals surface area (Å²) in [7, 11) is 1.84. The average Bonchev–Trinajstić information content (AvgIpc) is 2.92. The Morgan fingerprint density at radius 1 is 1.26 bits per heavy atom. The first-order valence-electron chi connectivity index (χ1n) is 7.59. The van der Waals surface area contributed by atoms with Gasteiger partial charge in [-0.3, -0.25) is 0 Å². The van der Waals surface area contributed by atoms with Crippen LogP contribution in [0.3, 0.4) is 0 Å². The maximum absolute atomic E-state index is 11.9. The molecule has 2 amide bonds. The van der Waals surface area contributed by atoms with Gasteiger partial charge in [0.05, 0.1) is 12.1 Å². The molecule has 0 saturated carbocycles. The Labute approximate surface area is 136 Å². The van der Waals surface area contributed by atoms with Gasteiger partial charge in [0.2, 0.25) is 0 Å². The van der Waals surface area contributed by atoms with Crippen molar-refractivity contribution in [3.05, 3.63) is 42.0 Å². The van der Waals surface area contributed by atoms with E-state index >= 15 is 0 Å². The molecular weight excluding hydrogens is 294 g/mol. The number of nitrogens with one attached hydrogen (secondary N) is 2.